The Morgan fingerprint density at radius 2 is 1.56 bits per heavy atom. The summed E-state index contributed by atoms with van der Waals surface area (Å²) >= 11 is 0. The van der Waals surface area contributed by atoms with Crippen molar-refractivity contribution in [2.24, 2.45) is 0 Å². The van der Waals surface area contributed by atoms with Crippen molar-refractivity contribution in [3.8, 4) is 0 Å². The Kier molecular flexibility index (Phi) is 8.70. The molecule has 0 aliphatic carbocycles. The minimum atomic E-state index is 0.622. The zero-order chi connectivity index (χ0) is 13.2. The molecule has 0 bridgehead atoms. The largest absolute Gasteiger partial charge is 0.373 e. The molecule has 0 saturated carbocycles. The zero-order valence-electron chi connectivity index (χ0n) is 12.6. The van der Waals surface area contributed by atoms with Crippen LogP contribution in [0, 0.1) is 0 Å². The van der Waals surface area contributed by atoms with Crippen molar-refractivity contribution in [1.82, 2.24) is 0 Å². The molecule has 0 aromatic carbocycles. The van der Waals surface area contributed by atoms with E-state index in [2.05, 4.69) is 20.8 Å². The van der Waals surface area contributed by atoms with Gasteiger partial charge in [0, 0.05) is 0 Å². The van der Waals surface area contributed by atoms with Gasteiger partial charge in [0.2, 0.25) is 0 Å². The van der Waals surface area contributed by atoms with Crippen molar-refractivity contribution in [3.63, 3.8) is 0 Å². The standard InChI is InChI=1S/2C8H16O/c1-3-5-6-8-7(4-2)9-8;1-2-3-4-5-6-8-7-9-8/h7-8H,3-6H2,1-2H3;8H,2-7H2,1H3. The topological polar surface area (TPSA) is 25.1 Å². The minimum absolute atomic E-state index is 0.622. The molecule has 2 fully saturated rings. The van der Waals surface area contributed by atoms with Gasteiger partial charge < -0.3 is 9.47 Å². The number of epoxide rings is 2. The first-order valence-electron chi connectivity index (χ1n) is 8.08. The van der Waals surface area contributed by atoms with Crippen LogP contribution in [-0.2, 0) is 9.47 Å². The minimum Gasteiger partial charge on any atom is -0.373 e. The number of hydrogen-bond acceptors (Lipinski definition) is 2. The SMILES string of the molecule is CCCCC1OC1CC.CCCCCCC1CO1. The van der Waals surface area contributed by atoms with E-state index in [-0.39, 0.29) is 0 Å². The molecule has 0 amide bonds. The van der Waals surface area contributed by atoms with Gasteiger partial charge in [-0.15, -0.1) is 0 Å². The van der Waals surface area contributed by atoms with E-state index in [1.807, 2.05) is 0 Å². The molecule has 0 N–H and O–H groups in total. The highest BCUT2D eigenvalue weighted by atomic mass is 16.6. The summed E-state index contributed by atoms with van der Waals surface area (Å²) in [5.41, 5.74) is 0. The van der Waals surface area contributed by atoms with Gasteiger partial charge in [0.05, 0.1) is 24.9 Å². The highest BCUT2D eigenvalue weighted by molar-refractivity contribution is 4.82. The van der Waals surface area contributed by atoms with Crippen LogP contribution < -0.4 is 0 Å². The Morgan fingerprint density at radius 3 is 2.06 bits per heavy atom. The molecule has 18 heavy (non-hydrogen) atoms. The van der Waals surface area contributed by atoms with Crippen LogP contribution in [-0.4, -0.2) is 24.9 Å². The third kappa shape index (κ3) is 8.10. The maximum atomic E-state index is 5.37. The first-order valence-corrected chi connectivity index (χ1v) is 8.08. The highest BCUT2D eigenvalue weighted by Crippen LogP contribution is 2.29. The van der Waals surface area contributed by atoms with E-state index in [9.17, 15) is 0 Å². The average Bonchev–Trinajstić information content (AvgIpc) is 3.28. The molecule has 2 aliphatic heterocycles. The summed E-state index contributed by atoms with van der Waals surface area (Å²) < 4.78 is 10.5. The molecule has 3 atom stereocenters. The quantitative estimate of drug-likeness (QED) is 0.441. The van der Waals surface area contributed by atoms with Gasteiger partial charge in [0.1, 0.15) is 0 Å². The van der Waals surface area contributed by atoms with Crippen molar-refractivity contribution < 1.29 is 9.47 Å². The smallest absolute Gasteiger partial charge is 0.0841 e. The van der Waals surface area contributed by atoms with Gasteiger partial charge in [0.15, 0.2) is 0 Å². The Labute approximate surface area is 113 Å². The second kappa shape index (κ2) is 9.80. The van der Waals surface area contributed by atoms with Crippen molar-refractivity contribution in [1.29, 1.82) is 0 Å². The Bertz CT molecular complexity index is 190. The molecule has 0 radical (unpaired) electrons. The van der Waals surface area contributed by atoms with E-state index in [4.69, 9.17) is 9.47 Å². The summed E-state index contributed by atoms with van der Waals surface area (Å²) in [4.78, 5) is 0. The lowest BCUT2D eigenvalue weighted by Crippen LogP contribution is -1.90. The van der Waals surface area contributed by atoms with E-state index in [0.29, 0.717) is 18.3 Å². The van der Waals surface area contributed by atoms with Crippen LogP contribution in [0.5, 0.6) is 0 Å². The molecule has 2 heteroatoms. The first-order chi connectivity index (χ1) is 8.81. The third-order valence-electron chi connectivity index (χ3n) is 3.71. The van der Waals surface area contributed by atoms with Crippen molar-refractivity contribution >= 4 is 0 Å². The fourth-order valence-electron chi connectivity index (χ4n) is 2.23. The van der Waals surface area contributed by atoms with Gasteiger partial charge in [0.25, 0.3) is 0 Å². The van der Waals surface area contributed by atoms with Crippen molar-refractivity contribution in [2.45, 2.75) is 96.9 Å². The lowest BCUT2D eigenvalue weighted by Gasteiger charge is -1.93. The summed E-state index contributed by atoms with van der Waals surface area (Å²) in [5.74, 6) is 0. The van der Waals surface area contributed by atoms with Crippen LogP contribution in [0.2, 0.25) is 0 Å². The molecule has 2 aliphatic rings. The van der Waals surface area contributed by atoms with E-state index < -0.39 is 0 Å². The summed E-state index contributed by atoms with van der Waals surface area (Å²) in [7, 11) is 0. The van der Waals surface area contributed by atoms with E-state index in [0.717, 1.165) is 6.61 Å². The molecule has 2 heterocycles. The molecule has 2 nitrogen and oxygen atoms in total. The van der Waals surface area contributed by atoms with Gasteiger partial charge >= 0.3 is 0 Å². The maximum Gasteiger partial charge on any atom is 0.0841 e. The fraction of sp³-hybridized carbons (Fsp3) is 1.00. The van der Waals surface area contributed by atoms with Gasteiger partial charge in [-0.3, -0.25) is 0 Å². The van der Waals surface area contributed by atoms with Crippen LogP contribution in [0.3, 0.4) is 0 Å². The average molecular weight is 256 g/mol. The molecular formula is C16H32O2. The Morgan fingerprint density at radius 1 is 0.833 bits per heavy atom. The van der Waals surface area contributed by atoms with Crippen LogP contribution in [0.15, 0.2) is 0 Å². The summed E-state index contributed by atoms with van der Waals surface area (Å²) in [5, 5.41) is 0. The van der Waals surface area contributed by atoms with Gasteiger partial charge in [-0.05, 0) is 19.3 Å². The molecule has 0 aromatic rings. The zero-order valence-corrected chi connectivity index (χ0v) is 12.6. The van der Waals surface area contributed by atoms with Gasteiger partial charge in [-0.25, -0.2) is 0 Å². The Balaban J connectivity index is 0.000000180. The molecule has 0 spiro atoms. The van der Waals surface area contributed by atoms with Crippen LogP contribution >= 0.6 is 0 Å². The van der Waals surface area contributed by atoms with Crippen LogP contribution in [0.25, 0.3) is 0 Å². The second-order valence-electron chi connectivity index (χ2n) is 5.57. The highest BCUT2D eigenvalue weighted by Gasteiger charge is 2.35. The lowest BCUT2D eigenvalue weighted by molar-refractivity contribution is 0.356. The van der Waals surface area contributed by atoms with E-state index >= 15 is 0 Å². The third-order valence-corrected chi connectivity index (χ3v) is 3.71. The second-order valence-corrected chi connectivity index (χ2v) is 5.57. The number of ether oxygens (including phenoxy) is 2. The van der Waals surface area contributed by atoms with E-state index in [1.165, 1.54) is 57.8 Å². The molecule has 2 rings (SSSR count). The molecule has 108 valence electrons. The maximum absolute atomic E-state index is 5.37. The monoisotopic (exact) mass is 256 g/mol. The normalized spacial score (nSPS) is 28.5. The van der Waals surface area contributed by atoms with Gasteiger partial charge in [-0.2, -0.15) is 0 Å². The molecular weight excluding hydrogens is 224 g/mol. The summed E-state index contributed by atoms with van der Waals surface area (Å²) in [6.45, 7) is 7.69. The van der Waals surface area contributed by atoms with Crippen molar-refractivity contribution in [3.05, 3.63) is 0 Å². The predicted octanol–water partition coefficient (Wildman–Crippen LogP) is 4.71. The van der Waals surface area contributed by atoms with Crippen LogP contribution in [0.1, 0.15) is 78.6 Å². The van der Waals surface area contributed by atoms with Crippen molar-refractivity contribution in [2.75, 3.05) is 6.61 Å². The molecule has 0 aromatic heterocycles. The summed E-state index contributed by atoms with van der Waals surface area (Å²) in [6, 6.07) is 0. The lowest BCUT2D eigenvalue weighted by atomic mass is 10.1. The fourth-order valence-corrected chi connectivity index (χ4v) is 2.23. The first kappa shape index (κ1) is 16.0. The number of rotatable bonds is 9. The summed E-state index contributed by atoms with van der Waals surface area (Å²) in [6.07, 6.45) is 13.8. The Hall–Kier alpha value is -0.0800. The van der Waals surface area contributed by atoms with Crippen LogP contribution in [0.4, 0.5) is 0 Å². The number of hydrogen-bond donors (Lipinski definition) is 0. The molecule has 2 saturated heterocycles. The molecule has 3 unspecified atom stereocenters. The predicted molar refractivity (Wildman–Crippen MR) is 77.0 cm³/mol. The van der Waals surface area contributed by atoms with E-state index in [1.54, 1.807) is 0 Å². The number of unbranched alkanes of at least 4 members (excludes halogenated alkanes) is 4. The van der Waals surface area contributed by atoms with Gasteiger partial charge in [-0.1, -0.05) is 59.3 Å².